The van der Waals surface area contributed by atoms with Crippen LogP contribution in [-0.2, 0) is 4.74 Å². The van der Waals surface area contributed by atoms with Crippen LogP contribution >= 0.6 is 0 Å². The van der Waals surface area contributed by atoms with Crippen LogP contribution in [0.1, 0.15) is 25.7 Å². The number of rotatable bonds is 7. The van der Waals surface area contributed by atoms with Crippen molar-refractivity contribution in [1.29, 1.82) is 0 Å². The average Bonchev–Trinajstić information content (AvgIpc) is 3.26. The zero-order valence-electron chi connectivity index (χ0n) is 15.5. The van der Waals surface area contributed by atoms with Crippen molar-refractivity contribution < 1.29 is 14.2 Å². The topological polar surface area (TPSA) is 35.9 Å². The number of benzene rings is 1. The largest absolute Gasteiger partial charge is 0.389 e. The molecule has 1 aliphatic heterocycles. The molecule has 1 aromatic carbocycles. The molecule has 2 aliphatic carbocycles. The average molecular weight is 362 g/mol. The number of nitrogens with zero attached hydrogens (tertiary/aromatic N) is 2. The molecule has 0 amide bonds. The lowest BCUT2D eigenvalue weighted by Gasteiger charge is -2.37. The van der Waals surface area contributed by atoms with Crippen LogP contribution in [0.15, 0.2) is 24.3 Å². The maximum Gasteiger partial charge on any atom is 0.123 e. The summed E-state index contributed by atoms with van der Waals surface area (Å²) in [5.74, 6) is 2.38. The Balaban J connectivity index is 1.13. The molecule has 26 heavy (non-hydrogen) atoms. The van der Waals surface area contributed by atoms with Gasteiger partial charge in [-0.15, -0.1) is 0 Å². The predicted molar refractivity (Wildman–Crippen MR) is 101 cm³/mol. The van der Waals surface area contributed by atoms with Crippen LogP contribution < -0.4 is 4.90 Å². The van der Waals surface area contributed by atoms with Gasteiger partial charge in [-0.25, -0.2) is 4.39 Å². The molecule has 4 nitrogen and oxygen atoms in total. The van der Waals surface area contributed by atoms with E-state index in [4.69, 9.17) is 4.74 Å². The van der Waals surface area contributed by atoms with Gasteiger partial charge in [0, 0.05) is 45.0 Å². The summed E-state index contributed by atoms with van der Waals surface area (Å²) in [6.07, 6.45) is 5.15. The minimum Gasteiger partial charge on any atom is -0.389 e. The molecule has 0 spiro atoms. The van der Waals surface area contributed by atoms with E-state index < -0.39 is 6.10 Å². The summed E-state index contributed by atoms with van der Waals surface area (Å²) >= 11 is 0. The molecule has 144 valence electrons. The highest BCUT2D eigenvalue weighted by molar-refractivity contribution is 5.46. The van der Waals surface area contributed by atoms with Crippen molar-refractivity contribution in [2.75, 3.05) is 50.8 Å². The minimum atomic E-state index is -0.411. The van der Waals surface area contributed by atoms with Gasteiger partial charge in [0.1, 0.15) is 5.82 Å². The molecular formula is C21H31FN2O2. The van der Waals surface area contributed by atoms with E-state index in [2.05, 4.69) is 9.80 Å². The number of anilines is 1. The van der Waals surface area contributed by atoms with E-state index >= 15 is 0 Å². The van der Waals surface area contributed by atoms with Gasteiger partial charge in [-0.05, 0) is 61.3 Å². The first-order chi connectivity index (χ1) is 12.7. The van der Waals surface area contributed by atoms with E-state index in [-0.39, 0.29) is 5.82 Å². The first kappa shape index (κ1) is 18.2. The van der Waals surface area contributed by atoms with E-state index in [1.807, 2.05) is 12.1 Å². The van der Waals surface area contributed by atoms with Gasteiger partial charge >= 0.3 is 0 Å². The molecule has 4 atom stereocenters. The van der Waals surface area contributed by atoms with Gasteiger partial charge in [0.05, 0.1) is 12.7 Å². The Morgan fingerprint density at radius 2 is 1.85 bits per heavy atom. The van der Waals surface area contributed by atoms with E-state index in [1.54, 1.807) is 0 Å². The Hall–Kier alpha value is -1.17. The van der Waals surface area contributed by atoms with Crippen molar-refractivity contribution >= 4 is 5.69 Å². The number of ether oxygens (including phenoxy) is 1. The summed E-state index contributed by atoms with van der Waals surface area (Å²) in [6, 6.07) is 6.70. The highest BCUT2D eigenvalue weighted by Crippen LogP contribution is 2.48. The standard InChI is InChI=1S/C21H31FN2O2/c22-19-3-5-20(6-4-19)24-9-7-23(8-10-24)13-21(25)15-26-14-18-12-16-1-2-17(18)11-16/h3-6,16-18,21,25H,1-2,7-15H2/t16-,17-,18-,21-/m0/s1. The molecular weight excluding hydrogens is 331 g/mol. The number of hydrogen-bond acceptors (Lipinski definition) is 4. The fraction of sp³-hybridized carbons (Fsp3) is 0.714. The SMILES string of the molecule is O[C@H](COC[C@@H]1C[C@H]2CC[C@H]1C2)CN1CCN(c2ccc(F)cc2)CC1. The first-order valence-electron chi connectivity index (χ1n) is 10.2. The highest BCUT2D eigenvalue weighted by Gasteiger charge is 2.39. The Bertz CT molecular complexity index is 574. The first-order valence-corrected chi connectivity index (χ1v) is 10.2. The van der Waals surface area contributed by atoms with Crippen LogP contribution in [0.2, 0.25) is 0 Å². The maximum atomic E-state index is 13.0. The molecule has 3 aliphatic rings. The minimum absolute atomic E-state index is 0.194. The van der Waals surface area contributed by atoms with E-state index in [9.17, 15) is 9.50 Å². The van der Waals surface area contributed by atoms with Gasteiger partial charge in [0.15, 0.2) is 0 Å². The smallest absolute Gasteiger partial charge is 0.123 e. The fourth-order valence-corrected chi connectivity index (χ4v) is 5.13. The second-order valence-corrected chi connectivity index (χ2v) is 8.39. The molecule has 1 heterocycles. The van der Waals surface area contributed by atoms with Crippen molar-refractivity contribution in [2.24, 2.45) is 17.8 Å². The molecule has 2 saturated carbocycles. The molecule has 4 rings (SSSR count). The molecule has 3 fully saturated rings. The fourth-order valence-electron chi connectivity index (χ4n) is 5.13. The van der Waals surface area contributed by atoms with Crippen molar-refractivity contribution in [3.05, 3.63) is 30.1 Å². The molecule has 0 aromatic heterocycles. The monoisotopic (exact) mass is 362 g/mol. The van der Waals surface area contributed by atoms with E-state index in [0.717, 1.165) is 56.2 Å². The second kappa shape index (κ2) is 8.24. The molecule has 0 radical (unpaired) electrons. The van der Waals surface area contributed by atoms with E-state index in [1.165, 1.54) is 37.8 Å². The lowest BCUT2D eigenvalue weighted by atomic mass is 9.90. The number of piperazine rings is 1. The lowest BCUT2D eigenvalue weighted by Crippen LogP contribution is -2.49. The van der Waals surface area contributed by atoms with Crippen molar-refractivity contribution in [2.45, 2.75) is 31.8 Å². The summed E-state index contributed by atoms with van der Waals surface area (Å²) < 4.78 is 18.9. The molecule has 0 unspecified atom stereocenters. The van der Waals surface area contributed by atoms with Crippen LogP contribution in [0, 0.1) is 23.6 Å². The van der Waals surface area contributed by atoms with Crippen molar-refractivity contribution in [3.8, 4) is 0 Å². The van der Waals surface area contributed by atoms with Gasteiger partial charge in [-0.1, -0.05) is 6.42 Å². The van der Waals surface area contributed by atoms with Crippen LogP contribution in [0.5, 0.6) is 0 Å². The predicted octanol–water partition coefficient (Wildman–Crippen LogP) is 2.76. The number of halogens is 1. The number of aliphatic hydroxyl groups excluding tert-OH is 1. The van der Waals surface area contributed by atoms with E-state index in [0.29, 0.717) is 13.2 Å². The van der Waals surface area contributed by atoms with Crippen LogP contribution in [0.3, 0.4) is 0 Å². The Morgan fingerprint density at radius 1 is 1.08 bits per heavy atom. The Labute approximate surface area is 155 Å². The Morgan fingerprint density at radius 3 is 2.50 bits per heavy atom. The zero-order chi connectivity index (χ0) is 17.9. The lowest BCUT2D eigenvalue weighted by molar-refractivity contribution is -0.00274. The highest BCUT2D eigenvalue weighted by atomic mass is 19.1. The number of fused-ring (bicyclic) bond motifs is 2. The summed E-state index contributed by atoms with van der Waals surface area (Å²) in [5.41, 5.74) is 1.07. The van der Waals surface area contributed by atoms with Crippen LogP contribution in [0.4, 0.5) is 10.1 Å². The summed E-state index contributed by atoms with van der Waals surface area (Å²) in [5, 5.41) is 10.3. The van der Waals surface area contributed by atoms with Crippen LogP contribution in [0.25, 0.3) is 0 Å². The number of hydrogen-bond donors (Lipinski definition) is 1. The third-order valence-electron chi connectivity index (χ3n) is 6.56. The quantitative estimate of drug-likeness (QED) is 0.809. The van der Waals surface area contributed by atoms with Crippen molar-refractivity contribution in [1.82, 2.24) is 4.90 Å². The maximum absolute atomic E-state index is 13.0. The summed E-state index contributed by atoms with van der Waals surface area (Å²) in [7, 11) is 0. The second-order valence-electron chi connectivity index (χ2n) is 8.39. The molecule has 2 bridgehead atoms. The van der Waals surface area contributed by atoms with Crippen molar-refractivity contribution in [3.63, 3.8) is 0 Å². The molecule has 1 saturated heterocycles. The number of β-amino-alcohol motifs (C(OH)–C–C–N with tert-alkyl or cyclic N) is 1. The van der Waals surface area contributed by atoms with Gasteiger partial charge < -0.3 is 14.7 Å². The molecule has 5 heteroatoms. The van der Waals surface area contributed by atoms with Gasteiger partial charge in [0.25, 0.3) is 0 Å². The summed E-state index contributed by atoms with van der Waals surface area (Å²) in [6.45, 7) is 5.60. The third kappa shape index (κ3) is 4.38. The molecule has 1 N–H and O–H groups in total. The summed E-state index contributed by atoms with van der Waals surface area (Å²) in [4.78, 5) is 4.57. The zero-order valence-corrected chi connectivity index (χ0v) is 15.5. The van der Waals surface area contributed by atoms with Gasteiger partial charge in [-0.3, -0.25) is 4.90 Å². The Kier molecular flexibility index (Phi) is 5.77. The van der Waals surface area contributed by atoms with Gasteiger partial charge in [0.2, 0.25) is 0 Å². The third-order valence-corrected chi connectivity index (χ3v) is 6.56. The number of aliphatic hydroxyl groups is 1. The normalized spacial score (nSPS) is 30.1. The molecule has 1 aromatic rings. The van der Waals surface area contributed by atoms with Crippen LogP contribution in [-0.4, -0.2) is 62.0 Å². The van der Waals surface area contributed by atoms with Gasteiger partial charge in [-0.2, -0.15) is 0 Å².